The molecule has 66 valence electrons. The lowest BCUT2D eigenvalue weighted by molar-refractivity contribution is 0.0694. The number of carbonyl (C=O) groups is 1. The molecule has 0 aliphatic rings. The first-order chi connectivity index (χ1) is 5.72. The number of para-hydroxylation sites is 1. The van der Waals surface area contributed by atoms with Crippen molar-refractivity contribution < 1.29 is 15.0 Å². The molecule has 3 heteroatoms. The van der Waals surface area contributed by atoms with Crippen LogP contribution in [0.5, 0.6) is 5.75 Å². The highest BCUT2D eigenvalue weighted by Crippen LogP contribution is 2.14. The fourth-order valence-electron chi connectivity index (χ4n) is 0.654. The number of hydrogen-bond acceptors (Lipinski definition) is 2. The van der Waals surface area contributed by atoms with Gasteiger partial charge in [0.15, 0.2) is 0 Å². The van der Waals surface area contributed by atoms with Crippen LogP contribution in [0, 0.1) is 0 Å². The second kappa shape index (κ2) is 5.18. The summed E-state index contributed by atoms with van der Waals surface area (Å²) in [6.45, 7) is 4.00. The number of carboxylic acid groups (broad SMARTS) is 1. The van der Waals surface area contributed by atoms with Crippen molar-refractivity contribution in [2.45, 2.75) is 13.8 Å². The first-order valence-electron chi connectivity index (χ1n) is 3.73. The smallest absolute Gasteiger partial charge is 0.339 e. The Kier molecular flexibility index (Phi) is 4.53. The third kappa shape index (κ3) is 2.62. The van der Waals surface area contributed by atoms with E-state index in [4.69, 9.17) is 10.2 Å². The molecule has 0 amide bonds. The number of phenols is 1. The van der Waals surface area contributed by atoms with Crippen molar-refractivity contribution >= 4 is 5.97 Å². The van der Waals surface area contributed by atoms with E-state index in [0.29, 0.717) is 0 Å². The number of aromatic carboxylic acids is 1. The molecule has 0 saturated heterocycles. The van der Waals surface area contributed by atoms with Crippen molar-refractivity contribution in [1.29, 1.82) is 0 Å². The van der Waals surface area contributed by atoms with E-state index in [1.807, 2.05) is 13.8 Å². The maximum Gasteiger partial charge on any atom is 0.339 e. The summed E-state index contributed by atoms with van der Waals surface area (Å²) in [5.74, 6) is -1.31. The molecule has 0 aliphatic carbocycles. The van der Waals surface area contributed by atoms with Crippen molar-refractivity contribution in [2.75, 3.05) is 0 Å². The predicted octanol–water partition coefficient (Wildman–Crippen LogP) is 2.12. The predicted molar refractivity (Wildman–Crippen MR) is 46.4 cm³/mol. The molecule has 3 nitrogen and oxygen atoms in total. The zero-order valence-electron chi connectivity index (χ0n) is 7.11. The number of aromatic hydroxyl groups is 1. The maximum absolute atomic E-state index is 10.3. The van der Waals surface area contributed by atoms with Gasteiger partial charge in [0.2, 0.25) is 0 Å². The zero-order valence-corrected chi connectivity index (χ0v) is 7.11. The molecular weight excluding hydrogens is 156 g/mol. The van der Waals surface area contributed by atoms with Gasteiger partial charge in [-0.3, -0.25) is 0 Å². The number of hydrogen-bond donors (Lipinski definition) is 2. The van der Waals surface area contributed by atoms with Gasteiger partial charge in [-0.15, -0.1) is 0 Å². The third-order valence-electron chi connectivity index (χ3n) is 1.13. The maximum atomic E-state index is 10.3. The molecule has 0 bridgehead atoms. The molecule has 0 atom stereocenters. The Bertz CT molecular complexity index is 256. The minimum Gasteiger partial charge on any atom is -0.507 e. The average Bonchev–Trinajstić information content (AvgIpc) is 2.08. The summed E-state index contributed by atoms with van der Waals surface area (Å²) in [4.78, 5) is 10.3. The second-order valence-corrected chi connectivity index (χ2v) is 1.82. The van der Waals surface area contributed by atoms with Gasteiger partial charge in [-0.05, 0) is 12.1 Å². The van der Waals surface area contributed by atoms with E-state index < -0.39 is 5.97 Å². The van der Waals surface area contributed by atoms with Gasteiger partial charge in [-0.25, -0.2) is 4.79 Å². The zero-order chi connectivity index (χ0) is 9.56. The highest BCUT2D eigenvalue weighted by Gasteiger charge is 2.05. The molecule has 12 heavy (non-hydrogen) atoms. The van der Waals surface area contributed by atoms with Crippen LogP contribution in [0.4, 0.5) is 0 Å². The molecule has 1 aromatic carbocycles. The van der Waals surface area contributed by atoms with Crippen LogP contribution < -0.4 is 0 Å². The summed E-state index contributed by atoms with van der Waals surface area (Å²) in [6, 6.07) is 5.81. The second-order valence-electron chi connectivity index (χ2n) is 1.82. The molecule has 0 spiro atoms. The quantitative estimate of drug-likeness (QED) is 0.675. The van der Waals surface area contributed by atoms with Crippen LogP contribution in [0.15, 0.2) is 24.3 Å². The van der Waals surface area contributed by atoms with Crippen molar-refractivity contribution in [3.8, 4) is 5.75 Å². The summed E-state index contributed by atoms with van der Waals surface area (Å²) < 4.78 is 0. The molecule has 0 aliphatic heterocycles. The molecule has 0 saturated carbocycles. The largest absolute Gasteiger partial charge is 0.507 e. The fraction of sp³-hybridized carbons (Fsp3) is 0.222. The molecule has 0 unspecified atom stereocenters. The minimum atomic E-state index is -1.11. The Morgan fingerprint density at radius 1 is 1.25 bits per heavy atom. The molecule has 0 aromatic heterocycles. The van der Waals surface area contributed by atoms with Crippen molar-refractivity contribution in [2.24, 2.45) is 0 Å². The Morgan fingerprint density at radius 2 is 1.75 bits per heavy atom. The van der Waals surface area contributed by atoms with Crippen LogP contribution in [-0.2, 0) is 0 Å². The third-order valence-corrected chi connectivity index (χ3v) is 1.13. The van der Waals surface area contributed by atoms with Crippen LogP contribution >= 0.6 is 0 Å². The number of rotatable bonds is 1. The van der Waals surface area contributed by atoms with E-state index in [-0.39, 0.29) is 11.3 Å². The lowest BCUT2D eigenvalue weighted by Crippen LogP contribution is -1.95. The van der Waals surface area contributed by atoms with Gasteiger partial charge < -0.3 is 10.2 Å². The van der Waals surface area contributed by atoms with Gasteiger partial charge in [0.25, 0.3) is 0 Å². The summed E-state index contributed by atoms with van der Waals surface area (Å²) in [5, 5.41) is 17.3. The highest BCUT2D eigenvalue weighted by molar-refractivity contribution is 5.90. The highest BCUT2D eigenvalue weighted by atomic mass is 16.4. The van der Waals surface area contributed by atoms with Gasteiger partial charge in [0.05, 0.1) is 0 Å². The Balaban J connectivity index is 0.000000561. The first kappa shape index (κ1) is 10.5. The SMILES string of the molecule is CC.O=C(O)c1ccccc1O. The molecule has 0 radical (unpaired) electrons. The molecule has 1 rings (SSSR count). The van der Waals surface area contributed by atoms with Crippen LogP contribution in [0.1, 0.15) is 24.2 Å². The number of carboxylic acids is 1. The van der Waals surface area contributed by atoms with Crippen LogP contribution in [0.3, 0.4) is 0 Å². The van der Waals surface area contributed by atoms with E-state index in [2.05, 4.69) is 0 Å². The molecule has 0 fully saturated rings. The lowest BCUT2D eigenvalue weighted by Gasteiger charge is -1.95. The molecule has 0 heterocycles. The van der Waals surface area contributed by atoms with Gasteiger partial charge in [-0.1, -0.05) is 26.0 Å². The minimum absolute atomic E-state index is 0.0671. The average molecular weight is 168 g/mol. The Hall–Kier alpha value is -1.51. The van der Waals surface area contributed by atoms with Crippen molar-refractivity contribution in [3.05, 3.63) is 29.8 Å². The fourth-order valence-corrected chi connectivity index (χ4v) is 0.654. The monoisotopic (exact) mass is 168 g/mol. The van der Waals surface area contributed by atoms with E-state index >= 15 is 0 Å². The van der Waals surface area contributed by atoms with E-state index in [1.165, 1.54) is 12.1 Å². The van der Waals surface area contributed by atoms with Crippen LogP contribution in [0.2, 0.25) is 0 Å². The van der Waals surface area contributed by atoms with E-state index in [1.54, 1.807) is 12.1 Å². The van der Waals surface area contributed by atoms with Crippen molar-refractivity contribution in [3.63, 3.8) is 0 Å². The molecule has 1 aromatic rings. The summed E-state index contributed by atoms with van der Waals surface area (Å²) in [7, 11) is 0. The van der Waals surface area contributed by atoms with Crippen LogP contribution in [-0.4, -0.2) is 16.2 Å². The first-order valence-corrected chi connectivity index (χ1v) is 3.73. The van der Waals surface area contributed by atoms with Crippen LogP contribution in [0.25, 0.3) is 0 Å². The molecule has 2 N–H and O–H groups in total. The molecular formula is C9H12O3. The van der Waals surface area contributed by atoms with Gasteiger partial charge in [0.1, 0.15) is 11.3 Å². The topological polar surface area (TPSA) is 57.5 Å². The van der Waals surface area contributed by atoms with Crippen molar-refractivity contribution in [1.82, 2.24) is 0 Å². The summed E-state index contributed by atoms with van der Waals surface area (Å²) in [6.07, 6.45) is 0. The standard InChI is InChI=1S/C7H6O3.C2H6/c8-6-4-2-1-3-5(6)7(9)10;1-2/h1-4,8H,(H,9,10);1-2H3. The summed E-state index contributed by atoms with van der Waals surface area (Å²) in [5.41, 5.74) is -0.0671. The Labute approximate surface area is 71.3 Å². The normalized spacial score (nSPS) is 8.17. The van der Waals surface area contributed by atoms with E-state index in [9.17, 15) is 4.79 Å². The number of benzene rings is 1. The lowest BCUT2D eigenvalue weighted by atomic mass is 10.2. The van der Waals surface area contributed by atoms with Gasteiger partial charge in [0, 0.05) is 0 Å². The van der Waals surface area contributed by atoms with Gasteiger partial charge in [-0.2, -0.15) is 0 Å². The van der Waals surface area contributed by atoms with Gasteiger partial charge >= 0.3 is 5.97 Å². The Morgan fingerprint density at radius 3 is 2.08 bits per heavy atom. The summed E-state index contributed by atoms with van der Waals surface area (Å²) >= 11 is 0. The van der Waals surface area contributed by atoms with E-state index in [0.717, 1.165) is 0 Å².